The molecule has 1 aliphatic heterocycles. The Hall–Kier alpha value is -4.27. The van der Waals surface area contributed by atoms with Gasteiger partial charge in [0, 0.05) is 66.2 Å². The van der Waals surface area contributed by atoms with Crippen molar-refractivity contribution in [2.45, 2.75) is 72.9 Å². The maximum atomic E-state index is 12.2. The van der Waals surface area contributed by atoms with Gasteiger partial charge in [0.25, 0.3) is 0 Å². The Labute approximate surface area is 288 Å². The van der Waals surface area contributed by atoms with E-state index in [1.54, 1.807) is 0 Å². The smallest absolute Gasteiger partial charge is 0.337 e. The number of aromatic carboxylic acids is 1. The summed E-state index contributed by atoms with van der Waals surface area (Å²) in [5, 5.41) is 20.3. The van der Waals surface area contributed by atoms with Crippen LogP contribution in [-0.2, 0) is 26.6 Å². The van der Waals surface area contributed by atoms with E-state index in [0.717, 1.165) is 106 Å². The van der Waals surface area contributed by atoms with E-state index in [4.69, 9.17) is 16.3 Å². The number of benzene rings is 3. The van der Waals surface area contributed by atoms with Crippen molar-refractivity contribution in [2.75, 3.05) is 24.6 Å². The molecular weight excluding hydrogens is 622 g/mol. The van der Waals surface area contributed by atoms with Crippen molar-refractivity contribution in [3.05, 3.63) is 98.5 Å². The van der Waals surface area contributed by atoms with Crippen LogP contribution in [0.2, 0.25) is 5.02 Å². The van der Waals surface area contributed by atoms with Crippen molar-refractivity contribution in [3.63, 3.8) is 0 Å². The van der Waals surface area contributed by atoms with Crippen LogP contribution in [0, 0.1) is 27.7 Å². The van der Waals surface area contributed by atoms with Gasteiger partial charge in [-0.05, 0) is 106 Å². The molecule has 0 radical (unpaired) electrons. The number of H-pyrrole nitrogens is 1. The highest BCUT2D eigenvalue weighted by molar-refractivity contribution is 6.32. The number of piperidine rings is 1. The summed E-state index contributed by atoms with van der Waals surface area (Å²) in [7, 11) is 1.99. The number of hydrogen-bond donors (Lipinski definition) is 3. The molecule has 1 saturated heterocycles. The van der Waals surface area contributed by atoms with E-state index in [9.17, 15) is 9.90 Å². The molecule has 0 atom stereocenters. The van der Waals surface area contributed by atoms with Gasteiger partial charge in [-0.1, -0.05) is 35.9 Å². The van der Waals surface area contributed by atoms with Crippen LogP contribution >= 0.6 is 11.6 Å². The lowest BCUT2D eigenvalue weighted by Gasteiger charge is -2.30. The minimum atomic E-state index is -0.880. The van der Waals surface area contributed by atoms with Crippen LogP contribution in [0.1, 0.15) is 75.4 Å². The minimum absolute atomic E-state index is 0.375. The van der Waals surface area contributed by atoms with E-state index in [-0.39, 0.29) is 0 Å². The summed E-state index contributed by atoms with van der Waals surface area (Å²) >= 11 is 6.37. The van der Waals surface area contributed by atoms with Crippen molar-refractivity contribution in [1.82, 2.24) is 20.1 Å². The maximum Gasteiger partial charge on any atom is 0.337 e. The molecule has 8 nitrogen and oxygen atoms in total. The van der Waals surface area contributed by atoms with Crippen molar-refractivity contribution in [2.24, 2.45) is 7.05 Å². The van der Waals surface area contributed by atoms with E-state index in [0.29, 0.717) is 25.3 Å². The SMILES string of the molecule is Cc1cc(OCCCc2c(CNCc3ccc(N4CCCCC4)c(C(=O)O)c3)[nH]c3c(-c4c(C)nn(C)c4C)cccc23)cc(C)c1Cl. The van der Waals surface area contributed by atoms with Gasteiger partial charge in [0.05, 0.1) is 29.1 Å². The minimum Gasteiger partial charge on any atom is -0.494 e. The Kier molecular flexibility index (Phi) is 10.1. The van der Waals surface area contributed by atoms with Gasteiger partial charge in [0.1, 0.15) is 5.75 Å². The molecule has 3 N–H and O–H groups in total. The monoisotopic (exact) mass is 667 g/mol. The number of carboxylic acids is 1. The number of nitrogens with zero attached hydrogens (tertiary/aromatic N) is 3. The molecule has 0 amide bonds. The summed E-state index contributed by atoms with van der Waals surface area (Å²) in [6, 6.07) is 16.4. The van der Waals surface area contributed by atoms with Crippen LogP contribution < -0.4 is 15.0 Å². The molecule has 3 heterocycles. The number of para-hydroxylation sites is 1. The number of carbonyl (C=O) groups is 1. The second-order valence-corrected chi connectivity index (χ2v) is 13.5. The lowest BCUT2D eigenvalue weighted by atomic mass is 9.98. The number of halogens is 1. The number of anilines is 1. The Morgan fingerprint density at radius 3 is 2.46 bits per heavy atom. The normalized spacial score (nSPS) is 13.4. The molecule has 5 aromatic rings. The Morgan fingerprint density at radius 2 is 1.77 bits per heavy atom. The first-order chi connectivity index (χ1) is 23.1. The highest BCUT2D eigenvalue weighted by Crippen LogP contribution is 2.36. The third-order valence-electron chi connectivity index (χ3n) is 9.68. The fraction of sp³-hybridized carbons (Fsp3) is 0.385. The molecule has 0 saturated carbocycles. The van der Waals surface area contributed by atoms with E-state index < -0.39 is 5.97 Å². The number of aromatic amines is 1. The average Bonchev–Trinajstić information content (AvgIpc) is 3.56. The first-order valence-corrected chi connectivity index (χ1v) is 17.3. The zero-order valence-electron chi connectivity index (χ0n) is 28.7. The van der Waals surface area contributed by atoms with Gasteiger partial charge < -0.3 is 25.0 Å². The second-order valence-electron chi connectivity index (χ2n) is 13.1. The molecular formula is C39H46ClN5O3. The number of aryl methyl sites for hydroxylation is 5. The molecule has 6 rings (SSSR count). The Balaban J connectivity index is 1.24. The maximum absolute atomic E-state index is 12.2. The molecule has 9 heteroatoms. The van der Waals surface area contributed by atoms with Gasteiger partial charge in [-0.2, -0.15) is 5.10 Å². The van der Waals surface area contributed by atoms with Crippen molar-refractivity contribution in [3.8, 4) is 16.9 Å². The topological polar surface area (TPSA) is 95.4 Å². The van der Waals surface area contributed by atoms with Crippen LogP contribution in [0.25, 0.3) is 22.0 Å². The number of nitrogens with one attached hydrogen (secondary N) is 2. The van der Waals surface area contributed by atoms with Crippen molar-refractivity contribution < 1.29 is 14.6 Å². The first kappa shape index (κ1) is 33.6. The zero-order chi connectivity index (χ0) is 33.9. The van der Waals surface area contributed by atoms with Gasteiger partial charge in [-0.3, -0.25) is 4.68 Å². The summed E-state index contributed by atoms with van der Waals surface area (Å²) < 4.78 is 8.12. The van der Waals surface area contributed by atoms with Crippen LogP contribution in [-0.4, -0.2) is 45.5 Å². The quantitative estimate of drug-likeness (QED) is 0.116. The van der Waals surface area contributed by atoms with Crippen molar-refractivity contribution >= 4 is 34.2 Å². The number of ether oxygens (including phenoxy) is 1. The lowest BCUT2D eigenvalue weighted by Crippen LogP contribution is -2.30. The summed E-state index contributed by atoms with van der Waals surface area (Å²) in [5.74, 6) is -0.0398. The highest BCUT2D eigenvalue weighted by Gasteiger charge is 2.21. The lowest BCUT2D eigenvalue weighted by molar-refractivity contribution is 0.0697. The van der Waals surface area contributed by atoms with E-state index in [1.807, 2.05) is 49.8 Å². The molecule has 1 aliphatic rings. The van der Waals surface area contributed by atoms with Crippen LogP contribution in [0.5, 0.6) is 5.75 Å². The van der Waals surface area contributed by atoms with Gasteiger partial charge in [0.15, 0.2) is 0 Å². The fourth-order valence-electron chi connectivity index (χ4n) is 7.17. The molecule has 0 aliphatic carbocycles. The number of rotatable bonds is 12. The molecule has 0 unspecified atom stereocenters. The Bertz CT molecular complexity index is 1930. The highest BCUT2D eigenvalue weighted by atomic mass is 35.5. The summed E-state index contributed by atoms with van der Waals surface area (Å²) in [6.45, 7) is 11.7. The van der Waals surface area contributed by atoms with Crippen LogP contribution in [0.15, 0.2) is 48.5 Å². The molecule has 0 bridgehead atoms. The van der Waals surface area contributed by atoms with E-state index in [2.05, 4.69) is 58.4 Å². The molecule has 1 fully saturated rings. The van der Waals surface area contributed by atoms with Gasteiger partial charge in [0.2, 0.25) is 0 Å². The molecule has 3 aromatic carbocycles. The predicted octanol–water partition coefficient (Wildman–Crippen LogP) is 8.45. The largest absolute Gasteiger partial charge is 0.494 e. The summed E-state index contributed by atoms with van der Waals surface area (Å²) in [5.41, 5.74) is 12.1. The Morgan fingerprint density at radius 1 is 1.02 bits per heavy atom. The average molecular weight is 668 g/mol. The molecule has 0 spiro atoms. The summed E-state index contributed by atoms with van der Waals surface area (Å²) in [6.07, 6.45) is 5.09. The third-order valence-corrected chi connectivity index (χ3v) is 10.3. The predicted molar refractivity (Wildman–Crippen MR) is 195 cm³/mol. The fourth-order valence-corrected chi connectivity index (χ4v) is 7.28. The van der Waals surface area contributed by atoms with Crippen LogP contribution in [0.4, 0.5) is 5.69 Å². The van der Waals surface area contributed by atoms with E-state index >= 15 is 0 Å². The van der Waals surface area contributed by atoms with Gasteiger partial charge in [-0.25, -0.2) is 4.79 Å². The molecule has 48 heavy (non-hydrogen) atoms. The number of fused-ring (bicyclic) bond motifs is 1. The molecule has 252 valence electrons. The zero-order valence-corrected chi connectivity index (χ0v) is 29.4. The number of aromatic nitrogens is 3. The van der Waals surface area contributed by atoms with Gasteiger partial charge >= 0.3 is 5.97 Å². The first-order valence-electron chi connectivity index (χ1n) is 17.0. The standard InChI is InChI=1S/C39H46ClN5O3/c1-24-19-29(20-25(2)37(24)40)48-18-10-13-30-31-11-9-12-32(36-26(3)43-44(5)27(36)4)38(31)42-34(30)23-41-22-28-14-15-35(33(21-28)39(46)47)45-16-7-6-8-17-45/h9,11-12,14-15,19-21,41-42H,6-8,10,13,16-18,22-23H2,1-5H3,(H,46,47). The van der Waals surface area contributed by atoms with E-state index in [1.165, 1.54) is 17.4 Å². The second kappa shape index (κ2) is 14.5. The third kappa shape index (κ3) is 6.96. The number of carboxylic acid groups (broad SMARTS) is 1. The van der Waals surface area contributed by atoms with Crippen LogP contribution in [0.3, 0.4) is 0 Å². The van der Waals surface area contributed by atoms with Crippen molar-refractivity contribution in [1.29, 1.82) is 0 Å². The number of hydrogen-bond acceptors (Lipinski definition) is 5. The summed E-state index contributed by atoms with van der Waals surface area (Å²) in [4.78, 5) is 18.2. The molecule has 2 aromatic heterocycles. The van der Waals surface area contributed by atoms with Gasteiger partial charge in [-0.15, -0.1) is 0 Å².